The molecule has 3 N–H and O–H groups in total. The number of aromatic amines is 1. The van der Waals surface area contributed by atoms with Gasteiger partial charge in [-0.3, -0.25) is 4.99 Å². The molecule has 1 aliphatic rings. The lowest BCUT2D eigenvalue weighted by Crippen LogP contribution is -2.33. The first-order chi connectivity index (χ1) is 5.95. The molecule has 0 amide bonds. The Morgan fingerprint density at radius 2 is 2.58 bits per heavy atom. The number of rotatable bonds is 2. The summed E-state index contributed by atoms with van der Waals surface area (Å²) in [7, 11) is 0. The van der Waals surface area contributed by atoms with Crippen LogP contribution in [0.2, 0.25) is 0 Å². The molecule has 0 spiro atoms. The van der Waals surface area contributed by atoms with Crippen molar-refractivity contribution in [1.82, 2.24) is 20.6 Å². The summed E-state index contributed by atoms with van der Waals surface area (Å²) in [6.45, 7) is 2.49. The fourth-order valence-electron chi connectivity index (χ4n) is 1.08. The van der Waals surface area contributed by atoms with Gasteiger partial charge in [-0.05, 0) is 0 Å². The van der Waals surface area contributed by atoms with Crippen molar-refractivity contribution in [1.29, 1.82) is 0 Å². The van der Waals surface area contributed by atoms with Crippen LogP contribution in [0.4, 0.5) is 0 Å². The second-order valence-corrected chi connectivity index (χ2v) is 2.55. The van der Waals surface area contributed by atoms with E-state index in [9.17, 15) is 0 Å². The molecular formula is C7H11N5. The number of aliphatic imine (C=N–C) groups is 1. The largest absolute Gasteiger partial charge is 0.355 e. The Labute approximate surface area is 70.3 Å². The Bertz CT molecular complexity index is 263. The summed E-state index contributed by atoms with van der Waals surface area (Å²) in [5.74, 6) is 1.79. The highest BCUT2D eigenvalue weighted by molar-refractivity contribution is 5.81. The van der Waals surface area contributed by atoms with Crippen LogP contribution < -0.4 is 10.6 Å². The summed E-state index contributed by atoms with van der Waals surface area (Å²) in [6, 6.07) is 0. The first kappa shape index (κ1) is 7.15. The van der Waals surface area contributed by atoms with Gasteiger partial charge in [0.15, 0.2) is 5.96 Å². The van der Waals surface area contributed by atoms with Gasteiger partial charge in [-0.15, -0.1) is 0 Å². The summed E-state index contributed by atoms with van der Waals surface area (Å²) >= 11 is 0. The van der Waals surface area contributed by atoms with Crippen molar-refractivity contribution in [3.05, 3.63) is 18.2 Å². The van der Waals surface area contributed by atoms with Crippen LogP contribution >= 0.6 is 0 Å². The summed E-state index contributed by atoms with van der Waals surface area (Å²) < 4.78 is 0. The number of aromatic nitrogens is 2. The predicted octanol–water partition coefficient (Wildman–Crippen LogP) is -0.541. The normalized spacial score (nSPS) is 15.5. The van der Waals surface area contributed by atoms with Gasteiger partial charge in [0.1, 0.15) is 5.82 Å². The van der Waals surface area contributed by atoms with E-state index in [1.807, 2.05) is 0 Å². The van der Waals surface area contributed by atoms with Gasteiger partial charge in [0.05, 0.1) is 13.1 Å². The minimum absolute atomic E-state index is 0.693. The van der Waals surface area contributed by atoms with Gasteiger partial charge >= 0.3 is 0 Å². The number of H-pyrrole nitrogens is 1. The van der Waals surface area contributed by atoms with Crippen LogP contribution in [0.1, 0.15) is 5.82 Å². The first-order valence-electron chi connectivity index (χ1n) is 3.95. The van der Waals surface area contributed by atoms with Gasteiger partial charge in [-0.25, -0.2) is 4.98 Å². The quantitative estimate of drug-likeness (QED) is 0.551. The summed E-state index contributed by atoms with van der Waals surface area (Å²) in [4.78, 5) is 11.3. The lowest BCUT2D eigenvalue weighted by Gasteiger charge is -2.03. The molecule has 1 aliphatic heterocycles. The fraction of sp³-hybridized carbons (Fsp3) is 0.429. The molecule has 0 aliphatic carbocycles. The van der Waals surface area contributed by atoms with Gasteiger partial charge in [0.25, 0.3) is 0 Å². The Kier molecular flexibility index (Phi) is 1.94. The smallest absolute Gasteiger partial charge is 0.191 e. The molecule has 1 aromatic heterocycles. The van der Waals surface area contributed by atoms with Crippen molar-refractivity contribution >= 4 is 5.96 Å². The standard InChI is InChI=1S/C7H11N5/c1-2-9-6(8-1)5-12-7-10-3-4-11-7/h1-2H,3-5H2,(H,8,9)(H2,10,11,12). The minimum atomic E-state index is 0.693. The zero-order valence-corrected chi connectivity index (χ0v) is 6.67. The summed E-state index contributed by atoms with van der Waals surface area (Å²) in [5.41, 5.74) is 0. The van der Waals surface area contributed by atoms with Crippen LogP contribution in [0.5, 0.6) is 0 Å². The number of hydrogen-bond acceptors (Lipinski definition) is 4. The Morgan fingerprint density at radius 3 is 3.25 bits per heavy atom. The Balaban J connectivity index is 1.82. The topological polar surface area (TPSA) is 65.1 Å². The van der Waals surface area contributed by atoms with Gasteiger partial charge in [0.2, 0.25) is 0 Å². The molecular weight excluding hydrogens is 154 g/mol. The number of guanidine groups is 1. The average molecular weight is 165 g/mol. The van der Waals surface area contributed by atoms with Crippen molar-refractivity contribution < 1.29 is 0 Å². The van der Waals surface area contributed by atoms with E-state index in [-0.39, 0.29) is 0 Å². The van der Waals surface area contributed by atoms with E-state index in [0.717, 1.165) is 24.9 Å². The van der Waals surface area contributed by atoms with Gasteiger partial charge < -0.3 is 15.6 Å². The molecule has 2 heterocycles. The molecule has 2 rings (SSSR count). The van der Waals surface area contributed by atoms with Crippen LogP contribution in [0.25, 0.3) is 0 Å². The number of imidazole rings is 1. The van der Waals surface area contributed by atoms with E-state index in [1.54, 1.807) is 12.4 Å². The Hall–Kier alpha value is -1.52. The highest BCUT2D eigenvalue weighted by atomic mass is 15.2. The van der Waals surface area contributed by atoms with E-state index in [1.165, 1.54) is 0 Å². The molecule has 0 radical (unpaired) electrons. The van der Waals surface area contributed by atoms with Crippen LogP contribution in [-0.4, -0.2) is 29.0 Å². The van der Waals surface area contributed by atoms with Crippen LogP contribution in [-0.2, 0) is 6.54 Å². The monoisotopic (exact) mass is 165 g/mol. The van der Waals surface area contributed by atoms with Gasteiger partial charge in [-0.1, -0.05) is 0 Å². The van der Waals surface area contributed by atoms with Gasteiger partial charge in [0, 0.05) is 18.9 Å². The van der Waals surface area contributed by atoms with Crippen molar-refractivity contribution in [2.45, 2.75) is 6.54 Å². The first-order valence-corrected chi connectivity index (χ1v) is 3.95. The maximum Gasteiger partial charge on any atom is 0.191 e. The lowest BCUT2D eigenvalue weighted by atomic mass is 10.6. The molecule has 5 nitrogen and oxygen atoms in total. The maximum atomic E-state index is 4.19. The van der Waals surface area contributed by atoms with E-state index in [0.29, 0.717) is 6.54 Å². The van der Waals surface area contributed by atoms with E-state index in [2.05, 4.69) is 25.6 Å². The van der Waals surface area contributed by atoms with Crippen molar-refractivity contribution in [2.75, 3.05) is 13.1 Å². The average Bonchev–Trinajstić information content (AvgIpc) is 2.74. The number of nitrogens with one attached hydrogen (secondary N) is 3. The Morgan fingerprint density at radius 1 is 1.58 bits per heavy atom. The molecule has 0 unspecified atom stereocenters. The zero-order valence-electron chi connectivity index (χ0n) is 6.67. The highest BCUT2D eigenvalue weighted by Crippen LogP contribution is 1.88. The molecule has 1 aromatic rings. The fourth-order valence-corrected chi connectivity index (χ4v) is 1.08. The van der Waals surface area contributed by atoms with Gasteiger partial charge in [-0.2, -0.15) is 0 Å². The van der Waals surface area contributed by atoms with Crippen molar-refractivity contribution in [3.8, 4) is 0 Å². The number of nitrogens with zero attached hydrogens (tertiary/aromatic N) is 2. The molecule has 64 valence electrons. The maximum absolute atomic E-state index is 4.19. The van der Waals surface area contributed by atoms with Crippen LogP contribution in [0.15, 0.2) is 17.4 Å². The van der Waals surface area contributed by atoms with Crippen LogP contribution in [0.3, 0.4) is 0 Å². The third-order valence-corrected chi connectivity index (χ3v) is 1.65. The SMILES string of the molecule is c1c[nH]c(CNC2=NCCN2)n1. The van der Waals surface area contributed by atoms with Crippen LogP contribution in [0, 0.1) is 0 Å². The minimum Gasteiger partial charge on any atom is -0.355 e. The molecule has 0 aromatic carbocycles. The summed E-state index contributed by atoms with van der Waals surface area (Å²) in [6.07, 6.45) is 3.54. The van der Waals surface area contributed by atoms with E-state index >= 15 is 0 Å². The second kappa shape index (κ2) is 3.25. The third kappa shape index (κ3) is 1.55. The zero-order chi connectivity index (χ0) is 8.23. The third-order valence-electron chi connectivity index (χ3n) is 1.65. The predicted molar refractivity (Wildman–Crippen MR) is 45.7 cm³/mol. The molecule has 0 saturated heterocycles. The molecule has 0 bridgehead atoms. The number of hydrogen-bond donors (Lipinski definition) is 3. The van der Waals surface area contributed by atoms with Crippen molar-refractivity contribution in [3.63, 3.8) is 0 Å². The molecule has 0 atom stereocenters. The van der Waals surface area contributed by atoms with Crippen molar-refractivity contribution in [2.24, 2.45) is 4.99 Å². The van der Waals surface area contributed by atoms with E-state index < -0.39 is 0 Å². The highest BCUT2D eigenvalue weighted by Gasteiger charge is 2.03. The lowest BCUT2D eigenvalue weighted by molar-refractivity contribution is 0.820. The summed E-state index contributed by atoms with van der Waals surface area (Å²) in [5, 5.41) is 6.25. The molecule has 0 saturated carbocycles. The molecule has 5 heteroatoms. The molecule has 0 fully saturated rings. The van der Waals surface area contributed by atoms with E-state index in [4.69, 9.17) is 0 Å². The molecule has 12 heavy (non-hydrogen) atoms. The second-order valence-electron chi connectivity index (χ2n) is 2.55.